The van der Waals surface area contributed by atoms with Gasteiger partial charge in [0.05, 0.1) is 10.6 Å². The molecule has 1 aromatic heterocycles. The second kappa shape index (κ2) is 10.4. The van der Waals surface area contributed by atoms with E-state index in [2.05, 4.69) is 26.7 Å². The van der Waals surface area contributed by atoms with Gasteiger partial charge in [0, 0.05) is 32.2 Å². The number of benzene rings is 1. The maximum atomic E-state index is 12.4. The van der Waals surface area contributed by atoms with E-state index >= 15 is 0 Å². The first-order valence-corrected chi connectivity index (χ1v) is 12.7. The van der Waals surface area contributed by atoms with E-state index < -0.39 is 10.0 Å². The molecule has 0 radical (unpaired) electrons. The van der Waals surface area contributed by atoms with Crippen molar-refractivity contribution >= 4 is 33.4 Å². The highest BCUT2D eigenvalue weighted by molar-refractivity contribution is 7.99. The summed E-state index contributed by atoms with van der Waals surface area (Å²) in [6, 6.07) is 6.13. The summed E-state index contributed by atoms with van der Waals surface area (Å²) in [7, 11) is -0.537. The molecule has 0 spiro atoms. The van der Waals surface area contributed by atoms with Crippen LogP contribution in [-0.2, 0) is 21.4 Å². The lowest BCUT2D eigenvalue weighted by Gasteiger charge is -2.21. The molecule has 2 aromatic rings. The van der Waals surface area contributed by atoms with E-state index in [1.807, 2.05) is 6.08 Å². The predicted octanol–water partition coefficient (Wildman–Crippen LogP) is 3.49. The van der Waals surface area contributed by atoms with Gasteiger partial charge in [-0.3, -0.25) is 4.79 Å². The van der Waals surface area contributed by atoms with Crippen LogP contribution < -0.4 is 5.32 Å². The number of carbonyl (C=O) groups excluding carboxylic acids is 1. The summed E-state index contributed by atoms with van der Waals surface area (Å²) in [4.78, 5) is 12.6. The third kappa shape index (κ3) is 5.75. The van der Waals surface area contributed by atoms with Crippen molar-refractivity contribution in [3.8, 4) is 0 Å². The van der Waals surface area contributed by atoms with Crippen LogP contribution in [0.5, 0.6) is 0 Å². The van der Waals surface area contributed by atoms with Gasteiger partial charge in [0.2, 0.25) is 15.9 Å². The van der Waals surface area contributed by atoms with Gasteiger partial charge >= 0.3 is 0 Å². The van der Waals surface area contributed by atoms with Gasteiger partial charge in [-0.2, -0.15) is 0 Å². The first kappa shape index (κ1) is 23.5. The van der Waals surface area contributed by atoms with Crippen LogP contribution in [0, 0.1) is 0 Å². The molecule has 0 saturated heterocycles. The van der Waals surface area contributed by atoms with Crippen LogP contribution in [0.3, 0.4) is 0 Å². The number of sulfonamides is 1. The van der Waals surface area contributed by atoms with E-state index in [-0.39, 0.29) is 16.6 Å². The average Bonchev–Trinajstić information content (AvgIpc) is 3.16. The average molecular weight is 464 g/mol. The van der Waals surface area contributed by atoms with E-state index in [0.717, 1.165) is 23.0 Å². The quantitative estimate of drug-likeness (QED) is 0.452. The largest absolute Gasteiger partial charge is 0.325 e. The van der Waals surface area contributed by atoms with E-state index in [1.54, 1.807) is 12.1 Å². The molecule has 0 unspecified atom stereocenters. The van der Waals surface area contributed by atoms with Gasteiger partial charge < -0.3 is 9.88 Å². The Labute approximate surface area is 188 Å². The Morgan fingerprint density at radius 1 is 1.23 bits per heavy atom. The lowest BCUT2D eigenvalue weighted by molar-refractivity contribution is -0.113. The van der Waals surface area contributed by atoms with Crippen molar-refractivity contribution in [3.63, 3.8) is 0 Å². The topological polar surface area (TPSA) is 97.2 Å². The second-order valence-electron chi connectivity index (χ2n) is 7.72. The van der Waals surface area contributed by atoms with Crippen molar-refractivity contribution in [1.82, 2.24) is 19.1 Å². The Bertz CT molecular complexity index is 1010. The number of thioether (sulfide) groups is 1. The number of nitrogens with zero attached hydrogens (tertiary/aromatic N) is 4. The monoisotopic (exact) mass is 463 g/mol. The number of allylic oxidation sites excluding steroid dienone is 1. The highest BCUT2D eigenvalue weighted by atomic mass is 32.2. The fourth-order valence-corrected chi connectivity index (χ4v) is 5.28. The number of amides is 1. The molecule has 1 heterocycles. The zero-order chi connectivity index (χ0) is 22.4. The third-order valence-electron chi connectivity index (χ3n) is 5.28. The van der Waals surface area contributed by atoms with Crippen LogP contribution in [0.15, 0.2) is 47.0 Å². The minimum Gasteiger partial charge on any atom is -0.325 e. The normalized spacial score (nSPS) is 15.2. The smallest absolute Gasteiger partial charge is 0.242 e. The Balaban J connectivity index is 1.62. The molecule has 1 amide bonds. The SMILES string of the molecule is C=CCn1c(SCC(=O)Nc2ccc(S(=O)(=O)N(C)C)cc2)nnc1C1CCCCC1. The molecule has 1 aliphatic carbocycles. The van der Waals surface area contributed by atoms with Crippen LogP contribution in [0.4, 0.5) is 5.69 Å². The van der Waals surface area contributed by atoms with Crippen LogP contribution in [-0.4, -0.2) is 53.2 Å². The van der Waals surface area contributed by atoms with Crippen LogP contribution in [0.25, 0.3) is 0 Å². The standard InChI is InChI=1S/C21H29N5O3S2/c1-4-14-26-20(16-8-6-5-7-9-16)23-24-21(26)30-15-19(27)22-17-10-12-18(13-11-17)31(28,29)25(2)3/h4,10-13,16H,1,5-9,14-15H2,2-3H3,(H,22,27). The Morgan fingerprint density at radius 3 is 2.52 bits per heavy atom. The van der Waals surface area contributed by atoms with Crippen molar-refractivity contribution < 1.29 is 13.2 Å². The summed E-state index contributed by atoms with van der Waals surface area (Å²) in [5.74, 6) is 1.39. The highest BCUT2D eigenvalue weighted by Crippen LogP contribution is 2.33. The molecule has 3 rings (SSSR count). The van der Waals surface area contributed by atoms with E-state index in [0.29, 0.717) is 23.3 Å². The summed E-state index contributed by atoms with van der Waals surface area (Å²) in [5.41, 5.74) is 0.541. The fraction of sp³-hybridized carbons (Fsp3) is 0.476. The molecular formula is C21H29N5O3S2. The molecule has 31 heavy (non-hydrogen) atoms. The van der Waals surface area contributed by atoms with E-state index in [4.69, 9.17) is 0 Å². The number of hydrogen-bond acceptors (Lipinski definition) is 6. The lowest BCUT2D eigenvalue weighted by atomic mass is 9.89. The molecule has 1 saturated carbocycles. The minimum atomic E-state index is -3.50. The van der Waals surface area contributed by atoms with Crippen molar-refractivity contribution in [3.05, 3.63) is 42.7 Å². The van der Waals surface area contributed by atoms with Crippen LogP contribution in [0.2, 0.25) is 0 Å². The summed E-state index contributed by atoms with van der Waals surface area (Å²) in [6.07, 6.45) is 7.77. The molecule has 8 nitrogen and oxygen atoms in total. The summed E-state index contributed by atoms with van der Waals surface area (Å²) >= 11 is 1.34. The van der Waals surface area contributed by atoms with Gasteiger partial charge in [0.25, 0.3) is 0 Å². The van der Waals surface area contributed by atoms with Crippen LogP contribution >= 0.6 is 11.8 Å². The number of aromatic nitrogens is 3. The molecule has 0 aliphatic heterocycles. The number of rotatable bonds is 9. The van der Waals surface area contributed by atoms with E-state index in [1.165, 1.54) is 57.3 Å². The Kier molecular flexibility index (Phi) is 7.90. The van der Waals surface area contributed by atoms with Gasteiger partial charge in [-0.05, 0) is 37.1 Å². The molecule has 0 atom stereocenters. The molecule has 168 valence electrons. The van der Waals surface area contributed by atoms with Crippen molar-refractivity contribution in [2.24, 2.45) is 0 Å². The molecule has 1 fully saturated rings. The fourth-order valence-electron chi connectivity index (χ4n) is 3.62. The van der Waals surface area contributed by atoms with E-state index in [9.17, 15) is 13.2 Å². The maximum absolute atomic E-state index is 12.4. The predicted molar refractivity (Wildman–Crippen MR) is 123 cm³/mol. The highest BCUT2D eigenvalue weighted by Gasteiger charge is 2.23. The van der Waals surface area contributed by atoms with Crippen LogP contribution in [0.1, 0.15) is 43.8 Å². The zero-order valence-electron chi connectivity index (χ0n) is 18.0. The molecule has 1 aromatic carbocycles. The Hall–Kier alpha value is -2.17. The first-order chi connectivity index (χ1) is 14.8. The number of anilines is 1. The van der Waals surface area contributed by atoms with Gasteiger partial charge in [0.15, 0.2) is 5.16 Å². The van der Waals surface area contributed by atoms with Crippen molar-refractivity contribution in [2.75, 3.05) is 25.2 Å². The minimum absolute atomic E-state index is 0.178. The summed E-state index contributed by atoms with van der Waals surface area (Å²) in [6.45, 7) is 4.45. The third-order valence-corrected chi connectivity index (χ3v) is 8.07. The maximum Gasteiger partial charge on any atom is 0.242 e. The van der Waals surface area contributed by atoms with Gasteiger partial charge in [-0.15, -0.1) is 16.8 Å². The lowest BCUT2D eigenvalue weighted by Crippen LogP contribution is -2.22. The molecule has 1 N–H and O–H groups in total. The van der Waals surface area contributed by atoms with Crippen molar-refractivity contribution in [2.45, 2.75) is 54.6 Å². The number of nitrogens with one attached hydrogen (secondary N) is 1. The number of hydrogen-bond donors (Lipinski definition) is 1. The summed E-state index contributed by atoms with van der Waals surface area (Å²) < 4.78 is 27.5. The van der Waals surface area contributed by atoms with Gasteiger partial charge in [0.1, 0.15) is 5.82 Å². The summed E-state index contributed by atoms with van der Waals surface area (Å²) in [5, 5.41) is 12.2. The first-order valence-electron chi connectivity index (χ1n) is 10.3. The van der Waals surface area contributed by atoms with Gasteiger partial charge in [-0.25, -0.2) is 12.7 Å². The second-order valence-corrected chi connectivity index (χ2v) is 10.8. The molecule has 0 bridgehead atoms. The Morgan fingerprint density at radius 2 is 1.90 bits per heavy atom. The zero-order valence-corrected chi connectivity index (χ0v) is 19.6. The molecule has 1 aliphatic rings. The number of carbonyl (C=O) groups is 1. The molecule has 10 heteroatoms. The van der Waals surface area contributed by atoms with Gasteiger partial charge in [-0.1, -0.05) is 37.1 Å². The molecular weight excluding hydrogens is 434 g/mol. The van der Waals surface area contributed by atoms with Crippen molar-refractivity contribution in [1.29, 1.82) is 0 Å².